The van der Waals surface area contributed by atoms with Gasteiger partial charge in [0.15, 0.2) is 5.84 Å². The lowest BCUT2D eigenvalue weighted by Gasteiger charge is -2.00. The smallest absolute Gasteiger partial charge is 0.380 e. The number of aromatic nitrogens is 2. The molecule has 2 rings (SSSR count). The van der Waals surface area contributed by atoms with Gasteiger partial charge in [-0.2, -0.15) is 5.10 Å². The van der Waals surface area contributed by atoms with Crippen molar-refractivity contribution in [1.29, 1.82) is 0 Å². The van der Waals surface area contributed by atoms with Crippen molar-refractivity contribution in [2.24, 2.45) is 10.9 Å². The highest BCUT2D eigenvalue weighted by Crippen LogP contribution is 2.15. The van der Waals surface area contributed by atoms with Crippen LogP contribution in [0, 0.1) is 15.9 Å². The second-order valence-corrected chi connectivity index (χ2v) is 3.75. The van der Waals surface area contributed by atoms with Gasteiger partial charge >= 0.3 is 11.7 Å². The molecule has 0 atom stereocenters. The van der Waals surface area contributed by atoms with Crippen LogP contribution in [-0.2, 0) is 4.84 Å². The van der Waals surface area contributed by atoms with Gasteiger partial charge in [0.1, 0.15) is 12.0 Å². The lowest BCUT2D eigenvalue weighted by Crippen LogP contribution is -2.15. The van der Waals surface area contributed by atoms with Gasteiger partial charge < -0.3 is 10.6 Å². The van der Waals surface area contributed by atoms with E-state index in [0.717, 1.165) is 18.3 Å². The third-order valence-electron chi connectivity index (χ3n) is 2.39. The van der Waals surface area contributed by atoms with Crippen LogP contribution >= 0.6 is 0 Å². The second kappa shape index (κ2) is 5.77. The normalized spacial score (nSPS) is 11.2. The Morgan fingerprint density at radius 3 is 2.71 bits per heavy atom. The number of oxime groups is 1. The van der Waals surface area contributed by atoms with Crippen LogP contribution in [0.1, 0.15) is 16.1 Å². The van der Waals surface area contributed by atoms with Gasteiger partial charge in [0.05, 0.1) is 4.92 Å². The van der Waals surface area contributed by atoms with E-state index in [-0.39, 0.29) is 5.84 Å². The van der Waals surface area contributed by atoms with Crippen LogP contribution < -0.4 is 5.73 Å². The van der Waals surface area contributed by atoms with E-state index in [1.165, 1.54) is 12.1 Å². The van der Waals surface area contributed by atoms with E-state index in [1.54, 1.807) is 0 Å². The Kier molecular flexibility index (Phi) is 3.88. The number of benzene rings is 1. The quantitative estimate of drug-likeness (QED) is 0.283. The molecule has 108 valence electrons. The molecule has 21 heavy (non-hydrogen) atoms. The number of rotatable bonds is 4. The summed E-state index contributed by atoms with van der Waals surface area (Å²) in [6.45, 7) is 0. The molecule has 0 radical (unpaired) electrons. The zero-order valence-corrected chi connectivity index (χ0v) is 10.3. The molecule has 0 unspecified atom stereocenters. The number of halogens is 1. The highest BCUT2D eigenvalue weighted by Gasteiger charge is 2.24. The molecule has 1 heterocycles. The zero-order valence-electron chi connectivity index (χ0n) is 10.3. The van der Waals surface area contributed by atoms with Crippen molar-refractivity contribution in [3.05, 3.63) is 57.7 Å². The molecule has 10 heteroatoms. The maximum atomic E-state index is 12.7. The highest BCUT2D eigenvalue weighted by molar-refractivity contribution is 5.98. The van der Waals surface area contributed by atoms with Crippen LogP contribution in [-0.4, -0.2) is 26.9 Å². The summed E-state index contributed by atoms with van der Waals surface area (Å²) in [7, 11) is 0. The van der Waals surface area contributed by atoms with Crippen LogP contribution in [0.4, 0.5) is 10.1 Å². The minimum absolute atomic E-state index is 0.189. The molecule has 1 aromatic heterocycles. The molecule has 0 saturated heterocycles. The maximum absolute atomic E-state index is 12.7. The molecule has 0 spiro atoms. The number of nitrogens with zero attached hydrogens (tertiary/aromatic N) is 3. The maximum Gasteiger partial charge on any atom is 0.390 e. The molecule has 2 aromatic rings. The van der Waals surface area contributed by atoms with Crippen LogP contribution in [0.5, 0.6) is 0 Å². The first-order valence-corrected chi connectivity index (χ1v) is 5.47. The average molecular weight is 293 g/mol. The first kappa shape index (κ1) is 14.1. The number of nitro groups is 1. The van der Waals surface area contributed by atoms with Gasteiger partial charge in [-0.25, -0.2) is 9.18 Å². The number of hydrogen-bond donors (Lipinski definition) is 2. The molecule has 0 bridgehead atoms. The number of aromatic amines is 1. The van der Waals surface area contributed by atoms with E-state index in [4.69, 9.17) is 5.73 Å². The number of nitrogens with one attached hydrogen (secondary N) is 1. The third kappa shape index (κ3) is 3.18. The molecule has 3 N–H and O–H groups in total. The lowest BCUT2D eigenvalue weighted by atomic mass is 10.2. The Morgan fingerprint density at radius 1 is 1.43 bits per heavy atom. The second-order valence-electron chi connectivity index (χ2n) is 3.75. The summed E-state index contributed by atoms with van der Waals surface area (Å²) in [4.78, 5) is 25.9. The highest BCUT2D eigenvalue weighted by atomic mass is 19.1. The van der Waals surface area contributed by atoms with Gasteiger partial charge in [-0.3, -0.25) is 15.2 Å². The van der Waals surface area contributed by atoms with Crippen molar-refractivity contribution in [2.45, 2.75) is 0 Å². The van der Waals surface area contributed by atoms with E-state index in [9.17, 15) is 19.3 Å². The number of carbonyl (C=O) groups is 1. The van der Waals surface area contributed by atoms with Crippen molar-refractivity contribution >= 4 is 17.5 Å². The number of nitrogens with two attached hydrogens (primary N) is 1. The van der Waals surface area contributed by atoms with Gasteiger partial charge in [0.2, 0.25) is 5.69 Å². The molecule has 0 amide bonds. The molecule has 1 aromatic carbocycles. The Bertz CT molecular complexity index is 710. The van der Waals surface area contributed by atoms with Gasteiger partial charge in [0, 0.05) is 5.56 Å². The minimum atomic E-state index is -1.12. The van der Waals surface area contributed by atoms with Crippen molar-refractivity contribution in [1.82, 2.24) is 10.2 Å². The van der Waals surface area contributed by atoms with E-state index < -0.39 is 28.1 Å². The third-order valence-corrected chi connectivity index (χ3v) is 2.39. The van der Waals surface area contributed by atoms with Crippen LogP contribution in [0.3, 0.4) is 0 Å². The predicted molar refractivity (Wildman–Crippen MR) is 67.8 cm³/mol. The summed E-state index contributed by atoms with van der Waals surface area (Å²) in [5, 5.41) is 19.5. The topological polar surface area (TPSA) is 136 Å². The Balaban J connectivity index is 2.12. The van der Waals surface area contributed by atoms with Crippen LogP contribution in [0.15, 0.2) is 35.6 Å². The van der Waals surface area contributed by atoms with Gasteiger partial charge in [0.25, 0.3) is 0 Å². The molecule has 0 saturated carbocycles. The van der Waals surface area contributed by atoms with Gasteiger partial charge in [-0.1, -0.05) is 5.16 Å². The minimum Gasteiger partial charge on any atom is -0.380 e. The largest absolute Gasteiger partial charge is 0.390 e. The summed E-state index contributed by atoms with van der Waals surface area (Å²) < 4.78 is 12.7. The number of amidine groups is 1. The van der Waals surface area contributed by atoms with Crippen molar-refractivity contribution in [3.8, 4) is 0 Å². The standard InChI is InChI=1S/C11H8FN5O4/c12-7-3-1-6(2-4-7)10(13)16-21-11(18)9-8(17(19)20)5-14-15-9/h1-5H,(H2,13,16)(H,14,15). The average Bonchev–Trinajstić information content (AvgIpc) is 2.95. The van der Waals surface area contributed by atoms with Crippen molar-refractivity contribution < 1.29 is 18.9 Å². The van der Waals surface area contributed by atoms with Crippen LogP contribution in [0.25, 0.3) is 0 Å². The lowest BCUT2D eigenvalue weighted by molar-refractivity contribution is -0.385. The van der Waals surface area contributed by atoms with Gasteiger partial charge in [-0.05, 0) is 24.3 Å². The van der Waals surface area contributed by atoms with E-state index in [2.05, 4.69) is 20.2 Å². The predicted octanol–water partition coefficient (Wildman–Crippen LogP) is 0.934. The Hall–Kier alpha value is -3.30. The summed E-state index contributed by atoms with van der Waals surface area (Å²) in [5.74, 6) is -1.77. The first-order valence-electron chi connectivity index (χ1n) is 5.47. The molecular weight excluding hydrogens is 285 g/mol. The monoisotopic (exact) mass is 293 g/mol. The molecule has 0 aliphatic rings. The summed E-state index contributed by atoms with van der Waals surface area (Å²) in [6.07, 6.45) is 0.865. The molecule has 0 fully saturated rings. The SMILES string of the molecule is N/C(=N\OC(=O)c1[nH]ncc1[N+](=O)[O-])c1ccc(F)cc1. The fraction of sp³-hybridized carbons (Fsp3) is 0. The van der Waals surface area contributed by atoms with E-state index in [0.29, 0.717) is 5.56 Å². The molecule has 9 nitrogen and oxygen atoms in total. The summed E-state index contributed by atoms with van der Waals surface area (Å²) in [5.41, 5.74) is 4.85. The molecule has 0 aliphatic heterocycles. The Morgan fingerprint density at radius 2 is 2.10 bits per heavy atom. The number of H-pyrrole nitrogens is 1. The summed E-state index contributed by atoms with van der Waals surface area (Å²) in [6, 6.07) is 4.97. The Labute approximate surface area is 116 Å². The van der Waals surface area contributed by atoms with Crippen molar-refractivity contribution in [3.63, 3.8) is 0 Å². The van der Waals surface area contributed by atoms with Crippen molar-refractivity contribution in [2.75, 3.05) is 0 Å². The number of carbonyl (C=O) groups excluding carboxylic acids is 1. The van der Waals surface area contributed by atoms with Gasteiger partial charge in [-0.15, -0.1) is 0 Å². The van der Waals surface area contributed by atoms with Crippen LogP contribution in [0.2, 0.25) is 0 Å². The van der Waals surface area contributed by atoms with E-state index in [1.807, 2.05) is 0 Å². The zero-order chi connectivity index (χ0) is 15.4. The fourth-order valence-corrected chi connectivity index (χ4v) is 1.38. The number of hydrogen-bond acceptors (Lipinski definition) is 6. The first-order chi connectivity index (χ1) is 9.99. The van der Waals surface area contributed by atoms with E-state index >= 15 is 0 Å². The molecular formula is C11H8FN5O4. The fourth-order valence-electron chi connectivity index (χ4n) is 1.38. The molecule has 0 aliphatic carbocycles. The summed E-state index contributed by atoms with van der Waals surface area (Å²) >= 11 is 0.